The van der Waals surface area contributed by atoms with Crippen LogP contribution in [0.1, 0.15) is 45.4 Å². The third-order valence-corrected chi connectivity index (χ3v) is 3.65. The van der Waals surface area contributed by atoms with Crippen LogP contribution in [-0.2, 0) is 0 Å². The van der Waals surface area contributed by atoms with Crippen molar-refractivity contribution in [2.45, 2.75) is 45.4 Å². The Morgan fingerprint density at radius 1 is 1.00 bits per heavy atom. The standard InChI is InChI=1S/C8H19O2PS/c1-2-3-4-5-6-7-8-12-11(9)10/h9-10H,2-8H2,1H3. The summed E-state index contributed by atoms with van der Waals surface area (Å²) in [6.45, 7) is 2.21. The molecule has 0 aromatic rings. The molecule has 0 aromatic heterocycles. The van der Waals surface area contributed by atoms with Crippen molar-refractivity contribution < 1.29 is 9.79 Å². The van der Waals surface area contributed by atoms with Crippen molar-refractivity contribution in [2.24, 2.45) is 0 Å². The van der Waals surface area contributed by atoms with E-state index in [1.165, 1.54) is 43.5 Å². The van der Waals surface area contributed by atoms with E-state index in [-0.39, 0.29) is 0 Å². The molecule has 0 fully saturated rings. The van der Waals surface area contributed by atoms with Gasteiger partial charge in [-0.25, -0.2) is 0 Å². The Labute approximate surface area is 80.4 Å². The predicted molar refractivity (Wildman–Crippen MR) is 57.2 cm³/mol. The van der Waals surface area contributed by atoms with Gasteiger partial charge in [-0.2, -0.15) is 0 Å². The lowest BCUT2D eigenvalue weighted by Crippen LogP contribution is -1.81. The molecule has 0 radical (unpaired) electrons. The topological polar surface area (TPSA) is 40.5 Å². The maximum atomic E-state index is 8.58. The van der Waals surface area contributed by atoms with Crippen molar-refractivity contribution in [3.63, 3.8) is 0 Å². The number of rotatable bonds is 8. The Morgan fingerprint density at radius 3 is 2.17 bits per heavy atom. The molecule has 0 aromatic carbocycles. The van der Waals surface area contributed by atoms with Crippen LogP contribution in [0.15, 0.2) is 0 Å². The molecule has 0 aliphatic carbocycles. The molecule has 0 aliphatic rings. The van der Waals surface area contributed by atoms with Crippen molar-refractivity contribution in [3.05, 3.63) is 0 Å². The van der Waals surface area contributed by atoms with Crippen LogP contribution in [0.2, 0.25) is 0 Å². The van der Waals surface area contributed by atoms with Crippen molar-refractivity contribution in [3.8, 4) is 0 Å². The van der Waals surface area contributed by atoms with Crippen LogP contribution in [-0.4, -0.2) is 15.5 Å². The van der Waals surface area contributed by atoms with Gasteiger partial charge in [0.05, 0.1) is 0 Å². The highest BCUT2D eigenvalue weighted by Gasteiger charge is 1.97. The highest BCUT2D eigenvalue weighted by atomic mass is 32.7. The van der Waals surface area contributed by atoms with Crippen LogP contribution in [0.25, 0.3) is 0 Å². The normalized spacial score (nSPS) is 11.0. The monoisotopic (exact) mass is 210 g/mol. The van der Waals surface area contributed by atoms with Gasteiger partial charge in [0.25, 0.3) is 0 Å². The molecule has 0 saturated heterocycles. The number of hydrogen-bond donors (Lipinski definition) is 2. The summed E-state index contributed by atoms with van der Waals surface area (Å²) in [5.41, 5.74) is 0. The molecule has 74 valence electrons. The zero-order valence-electron chi connectivity index (χ0n) is 7.70. The van der Waals surface area contributed by atoms with Gasteiger partial charge < -0.3 is 9.79 Å². The first kappa shape index (κ1) is 12.7. The van der Waals surface area contributed by atoms with E-state index in [4.69, 9.17) is 9.79 Å². The van der Waals surface area contributed by atoms with Crippen molar-refractivity contribution in [2.75, 3.05) is 5.75 Å². The lowest BCUT2D eigenvalue weighted by atomic mass is 10.1. The predicted octanol–water partition coefficient (Wildman–Crippen LogP) is 3.29. The number of unbranched alkanes of at least 4 members (excludes halogenated alkanes) is 5. The van der Waals surface area contributed by atoms with E-state index in [2.05, 4.69) is 6.92 Å². The lowest BCUT2D eigenvalue weighted by Gasteiger charge is -2.01. The molecule has 0 rings (SSSR count). The minimum absolute atomic E-state index is 0.894. The average molecular weight is 210 g/mol. The molecular formula is C8H19O2PS. The zero-order chi connectivity index (χ0) is 9.23. The summed E-state index contributed by atoms with van der Waals surface area (Å²) >= 11 is 1.27. The maximum Gasteiger partial charge on any atom is 0.232 e. The maximum absolute atomic E-state index is 8.58. The first-order valence-corrected chi connectivity index (χ1v) is 7.42. The molecular weight excluding hydrogens is 191 g/mol. The van der Waals surface area contributed by atoms with E-state index >= 15 is 0 Å². The molecule has 0 unspecified atom stereocenters. The summed E-state index contributed by atoms with van der Waals surface area (Å²) in [6, 6.07) is 0. The summed E-state index contributed by atoms with van der Waals surface area (Å²) in [4.78, 5) is 17.2. The molecule has 2 N–H and O–H groups in total. The Hall–Kier alpha value is 0.700. The minimum Gasteiger partial charge on any atom is -0.342 e. The zero-order valence-corrected chi connectivity index (χ0v) is 9.41. The Morgan fingerprint density at radius 2 is 1.58 bits per heavy atom. The van der Waals surface area contributed by atoms with Gasteiger partial charge in [-0.1, -0.05) is 50.4 Å². The molecule has 0 saturated carbocycles. The highest BCUT2D eigenvalue weighted by molar-refractivity contribution is 8.52. The summed E-state index contributed by atoms with van der Waals surface area (Å²) in [7, 11) is -1.71. The summed E-state index contributed by atoms with van der Waals surface area (Å²) in [6.07, 6.45) is 7.59. The second-order valence-electron chi connectivity index (χ2n) is 2.85. The fraction of sp³-hybridized carbons (Fsp3) is 1.00. The largest absolute Gasteiger partial charge is 0.342 e. The Bertz CT molecular complexity index is 91.1. The minimum atomic E-state index is -1.71. The van der Waals surface area contributed by atoms with Gasteiger partial charge in [0.15, 0.2) is 0 Å². The second-order valence-corrected chi connectivity index (χ2v) is 5.78. The van der Waals surface area contributed by atoms with Crippen LogP contribution in [0.5, 0.6) is 0 Å². The van der Waals surface area contributed by atoms with E-state index in [1.54, 1.807) is 0 Å². The molecule has 2 nitrogen and oxygen atoms in total. The van der Waals surface area contributed by atoms with Crippen molar-refractivity contribution >= 4 is 19.0 Å². The van der Waals surface area contributed by atoms with Crippen LogP contribution in [0.3, 0.4) is 0 Å². The van der Waals surface area contributed by atoms with Gasteiger partial charge >= 0.3 is 0 Å². The second kappa shape index (κ2) is 9.79. The first-order chi connectivity index (χ1) is 5.77. The summed E-state index contributed by atoms with van der Waals surface area (Å²) in [5.74, 6) is 0.894. The van der Waals surface area contributed by atoms with Gasteiger partial charge in [-0.3, -0.25) is 0 Å². The van der Waals surface area contributed by atoms with Gasteiger partial charge in [0, 0.05) is 5.75 Å². The van der Waals surface area contributed by atoms with Gasteiger partial charge in [0.1, 0.15) is 0 Å². The molecule has 0 spiro atoms. The summed E-state index contributed by atoms with van der Waals surface area (Å²) < 4.78 is 0. The fourth-order valence-electron chi connectivity index (χ4n) is 1.03. The van der Waals surface area contributed by atoms with Crippen LogP contribution < -0.4 is 0 Å². The molecule has 4 heteroatoms. The quantitative estimate of drug-likeness (QED) is 0.477. The van der Waals surface area contributed by atoms with E-state index in [0.29, 0.717) is 0 Å². The lowest BCUT2D eigenvalue weighted by molar-refractivity contribution is 0.505. The van der Waals surface area contributed by atoms with Gasteiger partial charge in [-0.05, 0) is 6.42 Å². The highest BCUT2D eigenvalue weighted by Crippen LogP contribution is 2.40. The van der Waals surface area contributed by atoms with Crippen LogP contribution in [0.4, 0.5) is 0 Å². The SMILES string of the molecule is CCCCCCCCSP(O)O. The van der Waals surface area contributed by atoms with Crippen molar-refractivity contribution in [1.29, 1.82) is 0 Å². The van der Waals surface area contributed by atoms with Gasteiger partial charge in [-0.15, -0.1) is 0 Å². The van der Waals surface area contributed by atoms with E-state index in [1.807, 2.05) is 0 Å². The Balaban J connectivity index is 2.82. The van der Waals surface area contributed by atoms with Crippen LogP contribution >= 0.6 is 19.0 Å². The smallest absolute Gasteiger partial charge is 0.232 e. The third-order valence-electron chi connectivity index (χ3n) is 1.70. The molecule has 12 heavy (non-hydrogen) atoms. The fourth-order valence-corrected chi connectivity index (χ4v) is 2.40. The molecule has 0 heterocycles. The van der Waals surface area contributed by atoms with E-state index in [0.717, 1.165) is 12.2 Å². The number of hydrogen-bond acceptors (Lipinski definition) is 3. The molecule has 0 aliphatic heterocycles. The van der Waals surface area contributed by atoms with Crippen LogP contribution in [0, 0.1) is 0 Å². The molecule has 0 bridgehead atoms. The third kappa shape index (κ3) is 10.7. The molecule has 0 atom stereocenters. The Kier molecular flexibility index (Phi) is 10.4. The first-order valence-electron chi connectivity index (χ1n) is 4.58. The van der Waals surface area contributed by atoms with Gasteiger partial charge in [0.2, 0.25) is 7.58 Å². The molecule has 0 amide bonds. The van der Waals surface area contributed by atoms with E-state index < -0.39 is 7.58 Å². The summed E-state index contributed by atoms with van der Waals surface area (Å²) in [5, 5.41) is 0. The average Bonchev–Trinajstić information content (AvgIpc) is 2.02. The van der Waals surface area contributed by atoms with Crippen molar-refractivity contribution in [1.82, 2.24) is 0 Å². The van der Waals surface area contributed by atoms with E-state index in [9.17, 15) is 0 Å².